The van der Waals surface area contributed by atoms with Crippen LogP contribution in [-0.2, 0) is 20.7 Å². The second-order valence-electron chi connectivity index (χ2n) is 5.60. The number of hydrogen-bond acceptors (Lipinski definition) is 5. The predicted molar refractivity (Wildman–Crippen MR) is 78.1 cm³/mol. The first-order chi connectivity index (χ1) is 10.2. The molecule has 0 aliphatic carbocycles. The molecule has 2 aliphatic heterocycles. The number of ether oxygens (including phenoxy) is 2. The van der Waals surface area contributed by atoms with Crippen molar-refractivity contribution in [3.8, 4) is 0 Å². The van der Waals surface area contributed by atoms with Gasteiger partial charge in [0.1, 0.15) is 0 Å². The smallest absolute Gasteiger partial charge is 0.306 e. The van der Waals surface area contributed by atoms with Gasteiger partial charge in [0.05, 0.1) is 31.5 Å². The van der Waals surface area contributed by atoms with Crippen LogP contribution in [0.3, 0.4) is 0 Å². The van der Waals surface area contributed by atoms with Crippen LogP contribution in [-0.4, -0.2) is 36.4 Å². The Bertz CT molecular complexity index is 531. The second kappa shape index (κ2) is 6.03. The Kier molecular flexibility index (Phi) is 4.12. The van der Waals surface area contributed by atoms with Gasteiger partial charge in [0.25, 0.3) is 0 Å². The van der Waals surface area contributed by atoms with Crippen LogP contribution in [0.4, 0.5) is 5.69 Å². The number of aryl methyl sites for hydroxylation is 1. The first-order valence-electron chi connectivity index (χ1n) is 7.52. The molecule has 21 heavy (non-hydrogen) atoms. The molecule has 0 radical (unpaired) electrons. The van der Waals surface area contributed by atoms with Crippen molar-refractivity contribution in [1.29, 1.82) is 0 Å². The van der Waals surface area contributed by atoms with E-state index in [0.29, 0.717) is 26.1 Å². The van der Waals surface area contributed by atoms with Gasteiger partial charge in [-0.3, -0.25) is 4.79 Å². The molecule has 1 saturated heterocycles. The minimum Gasteiger partial charge on any atom is -0.466 e. The van der Waals surface area contributed by atoms with Gasteiger partial charge in [-0.25, -0.2) is 0 Å². The van der Waals surface area contributed by atoms with E-state index in [1.807, 2.05) is 19.1 Å². The van der Waals surface area contributed by atoms with E-state index in [1.165, 1.54) is 0 Å². The first-order valence-corrected chi connectivity index (χ1v) is 7.52. The van der Waals surface area contributed by atoms with Gasteiger partial charge in [-0.1, -0.05) is 12.1 Å². The zero-order valence-corrected chi connectivity index (χ0v) is 12.2. The molecule has 2 heterocycles. The maximum Gasteiger partial charge on any atom is 0.306 e. The quantitative estimate of drug-likeness (QED) is 0.828. The summed E-state index contributed by atoms with van der Waals surface area (Å²) in [6.45, 7) is 2.61. The van der Waals surface area contributed by atoms with Crippen molar-refractivity contribution < 1.29 is 19.4 Å². The van der Waals surface area contributed by atoms with Gasteiger partial charge >= 0.3 is 5.97 Å². The van der Waals surface area contributed by atoms with Gasteiger partial charge in [-0.2, -0.15) is 0 Å². The topological polar surface area (TPSA) is 67.8 Å². The standard InChI is InChI=1S/C16H21NO4/c1-2-20-16(19)6-4-10-3-5-12-11(7-10)15-8-13(17-12)14(18)9-21-15/h3,5,7,13-15,17-18H,2,4,6,8-9H2,1H3/t13-,14+,15-/m0/s1. The van der Waals surface area contributed by atoms with E-state index in [1.54, 1.807) is 0 Å². The van der Waals surface area contributed by atoms with Gasteiger partial charge in [-0.05, 0) is 25.0 Å². The summed E-state index contributed by atoms with van der Waals surface area (Å²) in [5.41, 5.74) is 3.26. The predicted octanol–water partition coefficient (Wildman–Crippen LogP) is 1.80. The summed E-state index contributed by atoms with van der Waals surface area (Å²) in [4.78, 5) is 11.4. The van der Waals surface area contributed by atoms with Crippen LogP contribution in [0.5, 0.6) is 0 Å². The van der Waals surface area contributed by atoms with Crippen molar-refractivity contribution in [1.82, 2.24) is 0 Å². The average molecular weight is 291 g/mol. The number of aliphatic hydroxyl groups excluding tert-OH is 1. The Morgan fingerprint density at radius 3 is 3.19 bits per heavy atom. The van der Waals surface area contributed by atoms with Gasteiger partial charge in [-0.15, -0.1) is 0 Å². The molecule has 114 valence electrons. The van der Waals surface area contributed by atoms with Crippen molar-refractivity contribution in [2.45, 2.75) is 44.4 Å². The molecule has 2 bridgehead atoms. The van der Waals surface area contributed by atoms with Crippen LogP contribution in [0.15, 0.2) is 18.2 Å². The maximum absolute atomic E-state index is 11.4. The van der Waals surface area contributed by atoms with Gasteiger partial charge < -0.3 is 19.9 Å². The zero-order chi connectivity index (χ0) is 14.8. The van der Waals surface area contributed by atoms with Crippen molar-refractivity contribution in [2.75, 3.05) is 18.5 Å². The third-order valence-corrected chi connectivity index (χ3v) is 4.13. The lowest BCUT2D eigenvalue weighted by molar-refractivity contribution is -0.143. The van der Waals surface area contributed by atoms with Gasteiger partial charge in [0, 0.05) is 24.1 Å². The number of esters is 1. The summed E-state index contributed by atoms with van der Waals surface area (Å²) < 4.78 is 10.7. The Labute approximate surface area is 124 Å². The molecule has 0 aromatic heterocycles. The van der Waals surface area contributed by atoms with Crippen molar-refractivity contribution >= 4 is 11.7 Å². The molecule has 5 nitrogen and oxygen atoms in total. The number of nitrogens with one attached hydrogen (secondary N) is 1. The molecular weight excluding hydrogens is 270 g/mol. The minimum atomic E-state index is -0.446. The molecule has 0 amide bonds. The van der Waals surface area contributed by atoms with E-state index in [9.17, 15) is 9.90 Å². The Morgan fingerprint density at radius 1 is 1.52 bits per heavy atom. The fourth-order valence-corrected chi connectivity index (χ4v) is 3.00. The van der Waals surface area contributed by atoms with E-state index in [4.69, 9.17) is 9.47 Å². The van der Waals surface area contributed by atoms with Crippen LogP contribution in [0, 0.1) is 0 Å². The second-order valence-corrected chi connectivity index (χ2v) is 5.60. The summed E-state index contributed by atoms with van der Waals surface area (Å²) in [5.74, 6) is -0.162. The number of carbonyl (C=O) groups excluding carboxylic acids is 1. The largest absolute Gasteiger partial charge is 0.466 e. The summed E-state index contributed by atoms with van der Waals surface area (Å²) >= 11 is 0. The molecule has 0 spiro atoms. The van der Waals surface area contributed by atoms with E-state index in [2.05, 4.69) is 11.4 Å². The SMILES string of the molecule is CCOC(=O)CCc1ccc2c(c1)[C@@H]1C[C@H](N2)[C@H](O)CO1. The molecule has 3 rings (SSSR count). The summed E-state index contributed by atoms with van der Waals surface area (Å²) in [6, 6.07) is 6.19. The third-order valence-electron chi connectivity index (χ3n) is 4.13. The lowest BCUT2D eigenvalue weighted by atomic mass is 9.88. The van der Waals surface area contributed by atoms with Crippen LogP contribution >= 0.6 is 0 Å². The van der Waals surface area contributed by atoms with Crippen LogP contribution in [0.1, 0.15) is 37.0 Å². The number of carbonyl (C=O) groups is 1. The number of aliphatic hydroxyl groups is 1. The Hall–Kier alpha value is -1.59. The van der Waals surface area contributed by atoms with E-state index < -0.39 is 6.10 Å². The normalized spacial score (nSPS) is 26.7. The van der Waals surface area contributed by atoms with Gasteiger partial charge in [0.2, 0.25) is 0 Å². The molecule has 0 saturated carbocycles. The number of benzene rings is 1. The first kappa shape index (κ1) is 14.4. The van der Waals surface area contributed by atoms with E-state index in [-0.39, 0.29) is 18.1 Å². The minimum absolute atomic E-state index is 0.0391. The molecular formula is C16H21NO4. The monoisotopic (exact) mass is 291 g/mol. The highest BCUT2D eigenvalue weighted by Crippen LogP contribution is 2.39. The maximum atomic E-state index is 11.4. The zero-order valence-electron chi connectivity index (χ0n) is 12.2. The summed E-state index contributed by atoms with van der Waals surface area (Å²) in [5, 5.41) is 13.2. The van der Waals surface area contributed by atoms with Gasteiger partial charge in [0.15, 0.2) is 0 Å². The number of hydrogen-bond donors (Lipinski definition) is 2. The number of fused-ring (bicyclic) bond motifs is 4. The molecule has 1 aromatic rings. The highest BCUT2D eigenvalue weighted by molar-refractivity contribution is 5.69. The molecule has 1 aromatic carbocycles. The van der Waals surface area contributed by atoms with E-state index in [0.717, 1.165) is 23.2 Å². The van der Waals surface area contributed by atoms with Crippen molar-refractivity contribution in [3.63, 3.8) is 0 Å². The lowest BCUT2D eigenvalue weighted by Gasteiger charge is -2.40. The molecule has 0 unspecified atom stereocenters. The van der Waals surface area contributed by atoms with Crippen LogP contribution in [0.25, 0.3) is 0 Å². The molecule has 5 heteroatoms. The highest BCUT2D eigenvalue weighted by atomic mass is 16.5. The fraction of sp³-hybridized carbons (Fsp3) is 0.562. The molecule has 2 N–H and O–H groups in total. The fourth-order valence-electron chi connectivity index (χ4n) is 3.00. The lowest BCUT2D eigenvalue weighted by Crippen LogP contribution is -2.45. The Balaban J connectivity index is 1.71. The van der Waals surface area contributed by atoms with Crippen LogP contribution < -0.4 is 5.32 Å². The number of rotatable bonds is 4. The van der Waals surface area contributed by atoms with Crippen LogP contribution in [0.2, 0.25) is 0 Å². The summed E-state index contributed by atoms with van der Waals surface area (Å²) in [6.07, 6.45) is 1.45. The van der Waals surface area contributed by atoms with E-state index >= 15 is 0 Å². The van der Waals surface area contributed by atoms with Crippen molar-refractivity contribution in [3.05, 3.63) is 29.3 Å². The Morgan fingerprint density at radius 2 is 2.38 bits per heavy atom. The summed E-state index contributed by atoms with van der Waals surface area (Å²) in [7, 11) is 0. The average Bonchev–Trinajstić information content (AvgIpc) is 2.49. The molecule has 1 fully saturated rings. The highest BCUT2D eigenvalue weighted by Gasteiger charge is 2.36. The number of anilines is 1. The van der Waals surface area contributed by atoms with Crippen molar-refractivity contribution in [2.24, 2.45) is 0 Å². The molecule has 3 atom stereocenters. The third kappa shape index (κ3) is 3.04. The molecule has 2 aliphatic rings.